The van der Waals surface area contributed by atoms with E-state index in [1.807, 2.05) is 36.4 Å². The smallest absolute Gasteiger partial charge is 0.251 e. The molecule has 0 amide bonds. The van der Waals surface area contributed by atoms with Gasteiger partial charge in [-0.3, -0.25) is 4.98 Å². The van der Waals surface area contributed by atoms with Crippen LogP contribution in [0.25, 0.3) is 11.5 Å². The summed E-state index contributed by atoms with van der Waals surface area (Å²) in [5, 5.41) is 11.5. The van der Waals surface area contributed by atoms with Crippen LogP contribution < -0.4 is 10.1 Å². The molecule has 0 radical (unpaired) electrons. The van der Waals surface area contributed by atoms with Crippen LogP contribution in [0.4, 0.5) is 0 Å². The van der Waals surface area contributed by atoms with Crippen molar-refractivity contribution in [2.45, 2.75) is 19.5 Å². The summed E-state index contributed by atoms with van der Waals surface area (Å²) in [5.74, 6) is 1.70. The van der Waals surface area contributed by atoms with Gasteiger partial charge in [-0.2, -0.15) is 0 Å². The second kappa shape index (κ2) is 7.02. The van der Waals surface area contributed by atoms with Crippen molar-refractivity contribution >= 4 is 0 Å². The summed E-state index contributed by atoms with van der Waals surface area (Å²) >= 11 is 0. The Kier molecular flexibility index (Phi) is 4.63. The minimum Gasteiger partial charge on any atom is -0.496 e. The predicted octanol–water partition coefficient (Wildman–Crippen LogP) is 2.99. The SMILES string of the molecule is COc1ccccc1-c1nnc(CNC(C)c2ccncc2)o1. The summed E-state index contributed by atoms with van der Waals surface area (Å²) in [6, 6.07) is 11.7. The Labute approximate surface area is 134 Å². The normalized spacial score (nSPS) is 12.1. The van der Waals surface area contributed by atoms with Crippen LogP contribution in [0.5, 0.6) is 5.75 Å². The van der Waals surface area contributed by atoms with Crippen LogP contribution in [-0.2, 0) is 6.54 Å². The highest BCUT2D eigenvalue weighted by Gasteiger charge is 2.13. The lowest BCUT2D eigenvalue weighted by Crippen LogP contribution is -2.18. The molecule has 2 heterocycles. The van der Waals surface area contributed by atoms with Gasteiger partial charge >= 0.3 is 0 Å². The first kappa shape index (κ1) is 15.2. The monoisotopic (exact) mass is 310 g/mol. The van der Waals surface area contributed by atoms with E-state index in [9.17, 15) is 0 Å². The van der Waals surface area contributed by atoms with E-state index in [2.05, 4.69) is 27.4 Å². The largest absolute Gasteiger partial charge is 0.496 e. The number of rotatable bonds is 6. The maximum absolute atomic E-state index is 5.72. The van der Waals surface area contributed by atoms with E-state index in [4.69, 9.17) is 9.15 Å². The minimum atomic E-state index is 0.166. The van der Waals surface area contributed by atoms with E-state index in [0.717, 1.165) is 11.1 Å². The number of para-hydroxylation sites is 1. The molecule has 0 aliphatic heterocycles. The summed E-state index contributed by atoms with van der Waals surface area (Å²) in [6.45, 7) is 2.57. The highest BCUT2D eigenvalue weighted by atomic mass is 16.5. The topological polar surface area (TPSA) is 73.1 Å². The van der Waals surface area contributed by atoms with Crippen molar-refractivity contribution in [3.05, 3.63) is 60.2 Å². The van der Waals surface area contributed by atoms with Gasteiger partial charge in [0.1, 0.15) is 5.75 Å². The number of nitrogens with zero attached hydrogens (tertiary/aromatic N) is 3. The zero-order valence-electron chi connectivity index (χ0n) is 13.1. The molecule has 0 bridgehead atoms. The molecule has 1 N–H and O–H groups in total. The number of hydrogen-bond acceptors (Lipinski definition) is 6. The number of pyridine rings is 1. The third-order valence-electron chi connectivity index (χ3n) is 3.57. The van der Waals surface area contributed by atoms with Gasteiger partial charge in [-0.25, -0.2) is 0 Å². The Hall–Kier alpha value is -2.73. The fraction of sp³-hybridized carbons (Fsp3) is 0.235. The summed E-state index contributed by atoms with van der Waals surface area (Å²) in [7, 11) is 1.62. The third-order valence-corrected chi connectivity index (χ3v) is 3.57. The molecule has 2 aromatic heterocycles. The molecule has 3 rings (SSSR count). The molecule has 0 spiro atoms. The van der Waals surface area contributed by atoms with Gasteiger partial charge in [0.05, 0.1) is 19.2 Å². The number of aromatic nitrogens is 3. The van der Waals surface area contributed by atoms with Crippen LogP contribution in [0.1, 0.15) is 24.4 Å². The molecule has 0 aliphatic carbocycles. The lowest BCUT2D eigenvalue weighted by atomic mass is 10.1. The predicted molar refractivity (Wildman–Crippen MR) is 85.8 cm³/mol. The van der Waals surface area contributed by atoms with Gasteiger partial charge in [0.15, 0.2) is 0 Å². The fourth-order valence-corrected chi connectivity index (χ4v) is 2.27. The number of hydrogen-bond donors (Lipinski definition) is 1. The Bertz CT molecular complexity index is 758. The minimum absolute atomic E-state index is 0.166. The average molecular weight is 310 g/mol. The molecule has 0 saturated heterocycles. The van der Waals surface area contributed by atoms with E-state index in [1.165, 1.54) is 0 Å². The Morgan fingerprint density at radius 2 is 1.91 bits per heavy atom. The van der Waals surface area contributed by atoms with Crippen LogP contribution in [0, 0.1) is 0 Å². The first-order valence-electron chi connectivity index (χ1n) is 7.37. The van der Waals surface area contributed by atoms with E-state index in [1.54, 1.807) is 19.5 Å². The molecule has 6 heteroatoms. The quantitative estimate of drug-likeness (QED) is 0.754. The summed E-state index contributed by atoms with van der Waals surface area (Å²) < 4.78 is 11.0. The summed E-state index contributed by atoms with van der Waals surface area (Å²) in [4.78, 5) is 4.02. The standard InChI is InChI=1S/C17H18N4O2/c1-12(13-7-9-18-10-8-13)19-11-16-20-21-17(23-16)14-5-3-4-6-15(14)22-2/h3-10,12,19H,11H2,1-2H3. The first-order chi connectivity index (χ1) is 11.3. The molecule has 1 aromatic carbocycles. The van der Waals surface area contributed by atoms with E-state index in [0.29, 0.717) is 24.1 Å². The van der Waals surface area contributed by atoms with Crippen molar-refractivity contribution < 1.29 is 9.15 Å². The highest BCUT2D eigenvalue weighted by molar-refractivity contribution is 5.62. The fourth-order valence-electron chi connectivity index (χ4n) is 2.27. The van der Waals surface area contributed by atoms with Gasteiger partial charge in [-0.1, -0.05) is 12.1 Å². The number of methoxy groups -OCH3 is 1. The van der Waals surface area contributed by atoms with Gasteiger partial charge in [0.2, 0.25) is 5.89 Å². The van der Waals surface area contributed by atoms with Crippen LogP contribution >= 0.6 is 0 Å². The number of ether oxygens (including phenoxy) is 1. The molecule has 0 fully saturated rings. The van der Waals surface area contributed by atoms with Gasteiger partial charge in [-0.15, -0.1) is 10.2 Å². The molecular formula is C17H18N4O2. The maximum Gasteiger partial charge on any atom is 0.251 e. The summed E-state index contributed by atoms with van der Waals surface area (Å²) in [5.41, 5.74) is 1.94. The van der Waals surface area contributed by atoms with Crippen LogP contribution in [-0.4, -0.2) is 22.3 Å². The van der Waals surface area contributed by atoms with Crippen molar-refractivity contribution in [1.29, 1.82) is 0 Å². The molecule has 23 heavy (non-hydrogen) atoms. The zero-order valence-corrected chi connectivity index (χ0v) is 13.1. The van der Waals surface area contributed by atoms with Gasteiger partial charge in [-0.05, 0) is 36.8 Å². The Morgan fingerprint density at radius 3 is 2.70 bits per heavy atom. The van der Waals surface area contributed by atoms with Gasteiger partial charge in [0, 0.05) is 18.4 Å². The molecule has 1 atom stereocenters. The van der Waals surface area contributed by atoms with Crippen molar-refractivity contribution in [3.63, 3.8) is 0 Å². The highest BCUT2D eigenvalue weighted by Crippen LogP contribution is 2.28. The first-order valence-corrected chi connectivity index (χ1v) is 7.37. The third kappa shape index (κ3) is 3.54. The lowest BCUT2D eigenvalue weighted by molar-refractivity contribution is 0.412. The summed E-state index contributed by atoms with van der Waals surface area (Å²) in [6.07, 6.45) is 3.56. The second-order valence-corrected chi connectivity index (χ2v) is 5.08. The number of benzene rings is 1. The van der Waals surface area contributed by atoms with Crippen molar-refractivity contribution in [2.75, 3.05) is 7.11 Å². The van der Waals surface area contributed by atoms with Gasteiger partial charge < -0.3 is 14.5 Å². The van der Waals surface area contributed by atoms with Crippen molar-refractivity contribution in [3.8, 4) is 17.2 Å². The van der Waals surface area contributed by atoms with E-state index < -0.39 is 0 Å². The molecule has 118 valence electrons. The molecule has 3 aromatic rings. The lowest BCUT2D eigenvalue weighted by Gasteiger charge is -2.11. The molecule has 1 unspecified atom stereocenters. The zero-order chi connectivity index (χ0) is 16.1. The molecule has 0 saturated carbocycles. The molecule has 6 nitrogen and oxygen atoms in total. The average Bonchev–Trinajstić information content (AvgIpc) is 3.09. The van der Waals surface area contributed by atoms with Crippen LogP contribution in [0.3, 0.4) is 0 Å². The Balaban J connectivity index is 1.68. The van der Waals surface area contributed by atoms with Crippen molar-refractivity contribution in [1.82, 2.24) is 20.5 Å². The van der Waals surface area contributed by atoms with Crippen LogP contribution in [0.2, 0.25) is 0 Å². The molecule has 0 aliphatic rings. The second-order valence-electron chi connectivity index (χ2n) is 5.08. The van der Waals surface area contributed by atoms with Crippen LogP contribution in [0.15, 0.2) is 53.2 Å². The van der Waals surface area contributed by atoms with E-state index in [-0.39, 0.29) is 6.04 Å². The van der Waals surface area contributed by atoms with Gasteiger partial charge in [0.25, 0.3) is 5.89 Å². The van der Waals surface area contributed by atoms with Crippen molar-refractivity contribution in [2.24, 2.45) is 0 Å². The Morgan fingerprint density at radius 1 is 1.13 bits per heavy atom. The van der Waals surface area contributed by atoms with E-state index >= 15 is 0 Å². The number of nitrogens with one attached hydrogen (secondary N) is 1. The molecular weight excluding hydrogens is 292 g/mol. The maximum atomic E-state index is 5.72.